The van der Waals surface area contributed by atoms with Crippen LogP contribution < -0.4 is 5.73 Å². The van der Waals surface area contributed by atoms with Crippen molar-refractivity contribution in [3.05, 3.63) is 34.3 Å². The number of nitrogens with one attached hydrogen (secondary N) is 1. The summed E-state index contributed by atoms with van der Waals surface area (Å²) < 4.78 is 0. The maximum Gasteiger partial charge on any atom is 0.122 e. The fourth-order valence-corrected chi connectivity index (χ4v) is 2.39. The molecule has 0 saturated heterocycles. The van der Waals surface area contributed by atoms with Crippen molar-refractivity contribution >= 4 is 17.4 Å². The molecule has 4 heteroatoms. The molecule has 1 aromatic rings. The van der Waals surface area contributed by atoms with Gasteiger partial charge in [-0.1, -0.05) is 37.6 Å². The summed E-state index contributed by atoms with van der Waals surface area (Å²) in [5.41, 5.74) is 7.19. The Morgan fingerprint density at radius 2 is 2.00 bits per heavy atom. The van der Waals surface area contributed by atoms with Crippen LogP contribution in [-0.4, -0.2) is 23.8 Å². The number of rotatable bonds is 6. The van der Waals surface area contributed by atoms with Gasteiger partial charge < -0.3 is 5.73 Å². The van der Waals surface area contributed by atoms with Crippen molar-refractivity contribution < 1.29 is 0 Å². The van der Waals surface area contributed by atoms with Crippen molar-refractivity contribution in [1.29, 1.82) is 5.41 Å². The molecule has 3 N–H and O–H groups in total. The zero-order valence-corrected chi connectivity index (χ0v) is 12.1. The van der Waals surface area contributed by atoms with Crippen LogP contribution in [0.1, 0.15) is 37.8 Å². The van der Waals surface area contributed by atoms with Crippen LogP contribution in [0.3, 0.4) is 0 Å². The van der Waals surface area contributed by atoms with Crippen molar-refractivity contribution in [3.63, 3.8) is 0 Å². The van der Waals surface area contributed by atoms with Crippen LogP contribution in [-0.2, 0) is 6.54 Å². The van der Waals surface area contributed by atoms with Crippen molar-refractivity contribution in [1.82, 2.24) is 4.90 Å². The molecule has 3 nitrogen and oxygen atoms in total. The van der Waals surface area contributed by atoms with E-state index in [0.29, 0.717) is 16.6 Å². The Morgan fingerprint density at radius 3 is 2.44 bits per heavy atom. The summed E-state index contributed by atoms with van der Waals surface area (Å²) in [6.07, 6.45) is 2.27. The van der Waals surface area contributed by atoms with Gasteiger partial charge in [-0.25, -0.2) is 0 Å². The van der Waals surface area contributed by atoms with Crippen LogP contribution in [0.4, 0.5) is 0 Å². The Kier molecular flexibility index (Phi) is 5.63. The number of hydrogen-bond donors (Lipinski definition) is 2. The molecule has 0 saturated carbocycles. The van der Waals surface area contributed by atoms with Crippen molar-refractivity contribution in [2.45, 2.75) is 39.3 Å². The molecule has 0 aliphatic carbocycles. The van der Waals surface area contributed by atoms with Gasteiger partial charge in [0.15, 0.2) is 0 Å². The fraction of sp³-hybridized carbons (Fsp3) is 0.500. The summed E-state index contributed by atoms with van der Waals surface area (Å²) in [5.74, 6) is 0.0526. The van der Waals surface area contributed by atoms with Gasteiger partial charge in [0.2, 0.25) is 0 Å². The summed E-state index contributed by atoms with van der Waals surface area (Å²) in [5, 5.41) is 8.06. The van der Waals surface area contributed by atoms with E-state index < -0.39 is 0 Å². The number of benzene rings is 1. The lowest BCUT2D eigenvalue weighted by Gasteiger charge is -2.26. The number of nitrogens with zero attached hydrogens (tertiary/aromatic N) is 1. The normalized spacial score (nSPS) is 11.2. The lowest BCUT2D eigenvalue weighted by atomic mass is 10.1. The maximum atomic E-state index is 7.38. The molecule has 0 unspecified atom stereocenters. The number of halogens is 1. The third-order valence-electron chi connectivity index (χ3n) is 3.35. The first-order chi connectivity index (χ1) is 8.49. The standard InChI is InChI=1S/C14H22ClN3/c1-4-12(5-2)18(3)9-11-7-6-10(14(16)17)8-13(11)15/h6-8,12H,4-5,9H2,1-3H3,(H3,16,17). The largest absolute Gasteiger partial charge is 0.384 e. The Balaban J connectivity index is 2.82. The zero-order chi connectivity index (χ0) is 13.7. The molecule has 0 aromatic heterocycles. The molecule has 0 heterocycles. The van der Waals surface area contributed by atoms with Crippen LogP contribution in [0.2, 0.25) is 5.02 Å². The van der Waals surface area contributed by atoms with E-state index in [2.05, 4.69) is 25.8 Å². The SMILES string of the molecule is CCC(CC)N(C)Cc1ccc(C(=N)N)cc1Cl. The minimum Gasteiger partial charge on any atom is -0.384 e. The molecular weight excluding hydrogens is 246 g/mol. The van der Waals surface area contributed by atoms with Gasteiger partial charge in [0.25, 0.3) is 0 Å². The summed E-state index contributed by atoms with van der Waals surface area (Å²) >= 11 is 6.23. The van der Waals surface area contributed by atoms with Gasteiger partial charge in [-0.3, -0.25) is 10.3 Å². The molecule has 18 heavy (non-hydrogen) atoms. The Hall–Kier alpha value is -1.06. The Bertz CT molecular complexity index is 414. The quantitative estimate of drug-likeness (QED) is 0.614. The molecule has 0 bridgehead atoms. The molecule has 0 atom stereocenters. The summed E-state index contributed by atoms with van der Waals surface area (Å²) in [6.45, 7) is 5.22. The summed E-state index contributed by atoms with van der Waals surface area (Å²) in [4.78, 5) is 2.31. The number of nitrogens with two attached hydrogens (primary N) is 1. The first-order valence-corrected chi connectivity index (χ1v) is 6.70. The summed E-state index contributed by atoms with van der Waals surface area (Å²) in [6, 6.07) is 6.15. The van der Waals surface area contributed by atoms with Crippen molar-refractivity contribution in [2.24, 2.45) is 5.73 Å². The van der Waals surface area contributed by atoms with E-state index >= 15 is 0 Å². The number of nitrogen functional groups attached to an aromatic ring is 1. The smallest absolute Gasteiger partial charge is 0.122 e. The highest BCUT2D eigenvalue weighted by Crippen LogP contribution is 2.21. The average Bonchev–Trinajstić information content (AvgIpc) is 2.33. The molecule has 1 aromatic carbocycles. The first kappa shape index (κ1) is 15.0. The van der Waals surface area contributed by atoms with E-state index in [1.807, 2.05) is 12.1 Å². The Labute approximate surface area is 114 Å². The highest BCUT2D eigenvalue weighted by molar-refractivity contribution is 6.31. The molecule has 0 fully saturated rings. The second-order valence-corrected chi connectivity index (χ2v) is 5.01. The summed E-state index contributed by atoms with van der Waals surface area (Å²) in [7, 11) is 2.12. The second-order valence-electron chi connectivity index (χ2n) is 4.61. The minimum atomic E-state index is 0.0526. The van der Waals surface area contributed by atoms with Crippen LogP contribution in [0.15, 0.2) is 18.2 Å². The van der Waals surface area contributed by atoms with Gasteiger partial charge in [-0.2, -0.15) is 0 Å². The number of hydrogen-bond acceptors (Lipinski definition) is 2. The third-order valence-corrected chi connectivity index (χ3v) is 3.70. The minimum absolute atomic E-state index is 0.0526. The van der Waals surface area contributed by atoms with Crippen LogP contribution in [0.25, 0.3) is 0 Å². The van der Waals surface area contributed by atoms with E-state index in [0.717, 1.165) is 24.9 Å². The van der Waals surface area contributed by atoms with Gasteiger partial charge in [-0.05, 0) is 31.5 Å². The topological polar surface area (TPSA) is 53.1 Å². The molecule has 1 rings (SSSR count). The van der Waals surface area contributed by atoms with Gasteiger partial charge in [0.05, 0.1) is 0 Å². The monoisotopic (exact) mass is 267 g/mol. The van der Waals surface area contributed by atoms with Gasteiger partial charge in [0, 0.05) is 23.2 Å². The van der Waals surface area contributed by atoms with Gasteiger partial charge >= 0.3 is 0 Å². The van der Waals surface area contributed by atoms with Crippen molar-refractivity contribution in [2.75, 3.05) is 7.05 Å². The molecule has 0 spiro atoms. The molecule has 0 aliphatic heterocycles. The van der Waals surface area contributed by atoms with Crippen LogP contribution >= 0.6 is 11.6 Å². The molecule has 0 aliphatic rings. The van der Waals surface area contributed by atoms with Crippen molar-refractivity contribution in [3.8, 4) is 0 Å². The molecule has 0 amide bonds. The molecule has 0 radical (unpaired) electrons. The molecular formula is C14H22ClN3. The maximum absolute atomic E-state index is 7.38. The average molecular weight is 268 g/mol. The Morgan fingerprint density at radius 1 is 1.39 bits per heavy atom. The van der Waals surface area contributed by atoms with E-state index in [1.54, 1.807) is 6.07 Å². The zero-order valence-electron chi connectivity index (χ0n) is 11.3. The third kappa shape index (κ3) is 3.72. The van der Waals surface area contributed by atoms with Crippen LogP contribution in [0.5, 0.6) is 0 Å². The first-order valence-electron chi connectivity index (χ1n) is 6.32. The highest BCUT2D eigenvalue weighted by atomic mass is 35.5. The fourth-order valence-electron chi connectivity index (χ4n) is 2.15. The molecule has 100 valence electrons. The highest BCUT2D eigenvalue weighted by Gasteiger charge is 2.12. The van der Waals surface area contributed by atoms with Gasteiger partial charge in [0.1, 0.15) is 5.84 Å². The van der Waals surface area contributed by atoms with Gasteiger partial charge in [-0.15, -0.1) is 0 Å². The van der Waals surface area contributed by atoms with E-state index in [-0.39, 0.29) is 5.84 Å². The second kappa shape index (κ2) is 6.76. The predicted octanol–water partition coefficient (Wildman–Crippen LogP) is 3.24. The lowest BCUT2D eigenvalue weighted by Crippen LogP contribution is -2.30. The lowest BCUT2D eigenvalue weighted by molar-refractivity contribution is 0.222. The van der Waals surface area contributed by atoms with E-state index in [9.17, 15) is 0 Å². The number of amidine groups is 1. The van der Waals surface area contributed by atoms with Crippen LogP contribution in [0, 0.1) is 5.41 Å². The van der Waals surface area contributed by atoms with E-state index in [1.165, 1.54) is 0 Å². The predicted molar refractivity (Wildman–Crippen MR) is 78.3 cm³/mol. The van der Waals surface area contributed by atoms with E-state index in [4.69, 9.17) is 22.7 Å².